The summed E-state index contributed by atoms with van der Waals surface area (Å²) in [6.07, 6.45) is -0.166. The first-order valence-corrected chi connectivity index (χ1v) is 16.1. The van der Waals surface area contributed by atoms with Gasteiger partial charge in [0.25, 0.3) is 0 Å². The number of fused-ring (bicyclic) bond motifs is 20. The monoisotopic (exact) mass is 644 g/mol. The molecule has 1 atom stereocenters. The summed E-state index contributed by atoms with van der Waals surface area (Å²) in [4.78, 5) is 37.2. The Bertz CT molecular complexity index is 2660. The average Bonchev–Trinajstić information content (AvgIpc) is 3.91. The van der Waals surface area contributed by atoms with Crippen LogP contribution in [0.4, 0.5) is 0 Å². The molecule has 11 nitrogen and oxygen atoms in total. The molecule has 49 heavy (non-hydrogen) atoms. The average molecular weight is 645 g/mol. The van der Waals surface area contributed by atoms with Gasteiger partial charge in [-0.3, -0.25) is 0 Å². The van der Waals surface area contributed by atoms with E-state index in [2.05, 4.69) is 9.97 Å². The first-order valence-electron chi connectivity index (χ1n) is 16.1. The predicted octanol–water partition coefficient (Wildman–Crippen LogP) is 7.40. The molecule has 4 aromatic carbocycles. The molecule has 3 aliphatic heterocycles. The second-order valence-electron chi connectivity index (χ2n) is 12.7. The SMILES string of the molecule is CC1(C)OCC(COc2ccc3c4nc5nc(nc6[nH]c(nc7nc(nc([nH]4)c3c2)-c2ccccc2-7)c2ccccc62)-c2ccccc2-5)O1. The van der Waals surface area contributed by atoms with Crippen LogP contribution >= 0.6 is 0 Å². The van der Waals surface area contributed by atoms with Crippen LogP contribution in [0.3, 0.4) is 0 Å². The largest absolute Gasteiger partial charge is 0.491 e. The van der Waals surface area contributed by atoms with Crippen molar-refractivity contribution in [2.24, 2.45) is 0 Å². The molecule has 8 bridgehead atoms. The number of nitrogens with one attached hydrogen (secondary N) is 2. The minimum Gasteiger partial charge on any atom is -0.491 e. The summed E-state index contributed by atoms with van der Waals surface area (Å²) in [5.74, 6) is 2.28. The molecule has 238 valence electrons. The highest BCUT2D eigenvalue weighted by Gasteiger charge is 2.33. The van der Waals surface area contributed by atoms with Crippen LogP contribution in [0.15, 0.2) is 91.0 Å². The summed E-state index contributed by atoms with van der Waals surface area (Å²) in [5.41, 5.74) is 6.09. The van der Waals surface area contributed by atoms with Crippen molar-refractivity contribution in [2.75, 3.05) is 13.2 Å². The molecule has 0 aliphatic carbocycles. The highest BCUT2D eigenvalue weighted by molar-refractivity contribution is 6.06. The standard InChI is InChI=1S/C38H28N8O3/c1-38(2)48-19-21(49-38)18-47-20-15-16-28-29(17-20)37-45-35-27-14-8-7-13-26(27)33(43-35)41-31-23-10-4-3-9-22(23)30(39-31)40-32-24-11-5-6-12-25(24)34(42-32)44-36(28)46-37/h3-17,21H,18-19H2,1-2H3,(H2,39,40,41,42,43,44,45,46). The maximum Gasteiger partial charge on any atom is 0.164 e. The third-order valence-electron chi connectivity index (χ3n) is 9.03. The van der Waals surface area contributed by atoms with E-state index in [1.807, 2.05) is 105 Å². The van der Waals surface area contributed by atoms with Crippen LogP contribution in [0.1, 0.15) is 13.8 Å². The summed E-state index contributed by atoms with van der Waals surface area (Å²) in [6, 6.07) is 29.9. The fraction of sp³-hybridized carbons (Fsp3) is 0.158. The molecule has 10 rings (SSSR count). The molecule has 11 heteroatoms. The van der Waals surface area contributed by atoms with E-state index in [1.54, 1.807) is 0 Å². The number of aromatic amines is 2. The first kappa shape index (κ1) is 28.0. The van der Waals surface area contributed by atoms with Gasteiger partial charge in [-0.2, -0.15) is 0 Å². The Morgan fingerprint density at radius 3 is 1.51 bits per heavy atom. The van der Waals surface area contributed by atoms with Gasteiger partial charge < -0.3 is 24.2 Å². The van der Waals surface area contributed by atoms with Gasteiger partial charge in [-0.1, -0.05) is 72.8 Å². The molecule has 6 heterocycles. The Kier molecular flexibility index (Phi) is 5.99. The Balaban J connectivity index is 1.26. The number of aromatic nitrogens is 8. The molecule has 0 amide bonds. The third-order valence-corrected chi connectivity index (χ3v) is 9.03. The van der Waals surface area contributed by atoms with E-state index in [0.717, 1.165) is 43.8 Å². The Labute approximate surface area is 279 Å². The third kappa shape index (κ3) is 4.66. The zero-order valence-electron chi connectivity index (χ0n) is 26.6. The summed E-state index contributed by atoms with van der Waals surface area (Å²) >= 11 is 0. The van der Waals surface area contributed by atoms with Crippen LogP contribution in [0.25, 0.3) is 89.7 Å². The molecule has 1 unspecified atom stereocenters. The fourth-order valence-electron chi connectivity index (χ4n) is 6.74. The molecule has 7 aromatic rings. The van der Waals surface area contributed by atoms with E-state index in [1.165, 1.54) is 0 Å². The van der Waals surface area contributed by atoms with Crippen molar-refractivity contribution in [3.05, 3.63) is 91.0 Å². The Morgan fingerprint density at radius 1 is 0.592 bits per heavy atom. The van der Waals surface area contributed by atoms with Gasteiger partial charge in [-0.25, -0.2) is 29.9 Å². The van der Waals surface area contributed by atoms with Crippen molar-refractivity contribution in [3.8, 4) is 51.3 Å². The van der Waals surface area contributed by atoms with Crippen LogP contribution in [0.5, 0.6) is 5.75 Å². The van der Waals surface area contributed by atoms with Crippen LogP contribution in [-0.2, 0) is 9.47 Å². The van der Waals surface area contributed by atoms with Gasteiger partial charge in [0.1, 0.15) is 41.0 Å². The van der Waals surface area contributed by atoms with Crippen molar-refractivity contribution in [1.82, 2.24) is 39.9 Å². The summed E-state index contributed by atoms with van der Waals surface area (Å²) in [7, 11) is 0. The number of H-pyrrole nitrogens is 2. The molecule has 3 aromatic heterocycles. The normalized spacial score (nSPS) is 16.2. The van der Waals surface area contributed by atoms with Crippen LogP contribution in [0, 0.1) is 0 Å². The molecule has 2 N–H and O–H groups in total. The van der Waals surface area contributed by atoms with Gasteiger partial charge in [-0.15, -0.1) is 0 Å². The van der Waals surface area contributed by atoms with Gasteiger partial charge in [0, 0.05) is 43.8 Å². The molecule has 1 fully saturated rings. The first-order chi connectivity index (χ1) is 24.0. The van der Waals surface area contributed by atoms with E-state index in [0.29, 0.717) is 64.8 Å². The number of hydrogen-bond acceptors (Lipinski definition) is 9. The molecule has 0 spiro atoms. The lowest BCUT2D eigenvalue weighted by atomic mass is 10.1. The van der Waals surface area contributed by atoms with E-state index in [4.69, 9.17) is 44.1 Å². The quantitative estimate of drug-likeness (QED) is 0.202. The van der Waals surface area contributed by atoms with E-state index >= 15 is 0 Å². The molecule has 1 saturated heterocycles. The van der Waals surface area contributed by atoms with Crippen molar-refractivity contribution in [3.63, 3.8) is 0 Å². The maximum atomic E-state index is 6.21. The Hall–Kier alpha value is -6.04. The molecular formula is C38H28N8O3. The topological polar surface area (TPSA) is 137 Å². The van der Waals surface area contributed by atoms with Gasteiger partial charge in [-0.05, 0) is 32.0 Å². The van der Waals surface area contributed by atoms with Gasteiger partial charge in [0.05, 0.1) is 6.61 Å². The van der Waals surface area contributed by atoms with Crippen molar-refractivity contribution in [1.29, 1.82) is 0 Å². The number of ether oxygens (including phenoxy) is 3. The van der Waals surface area contributed by atoms with E-state index in [-0.39, 0.29) is 6.10 Å². The molecule has 3 aliphatic rings. The summed E-state index contributed by atoms with van der Waals surface area (Å²) < 4.78 is 17.9. The number of rotatable bonds is 3. The fourth-order valence-corrected chi connectivity index (χ4v) is 6.74. The predicted molar refractivity (Wildman–Crippen MR) is 186 cm³/mol. The zero-order chi connectivity index (χ0) is 32.7. The zero-order valence-corrected chi connectivity index (χ0v) is 26.6. The lowest BCUT2D eigenvalue weighted by molar-refractivity contribution is -0.141. The van der Waals surface area contributed by atoms with Crippen LogP contribution in [0.2, 0.25) is 0 Å². The lowest BCUT2D eigenvalue weighted by Crippen LogP contribution is -2.25. The highest BCUT2D eigenvalue weighted by Crippen LogP contribution is 2.37. The minimum absolute atomic E-state index is 0.166. The van der Waals surface area contributed by atoms with Crippen molar-refractivity contribution >= 4 is 44.1 Å². The summed E-state index contributed by atoms with van der Waals surface area (Å²) in [6.45, 7) is 4.64. The van der Waals surface area contributed by atoms with Crippen molar-refractivity contribution in [2.45, 2.75) is 25.7 Å². The van der Waals surface area contributed by atoms with Gasteiger partial charge in [0.2, 0.25) is 0 Å². The lowest BCUT2D eigenvalue weighted by Gasteiger charge is -2.17. The highest BCUT2D eigenvalue weighted by atomic mass is 16.7. The van der Waals surface area contributed by atoms with Crippen molar-refractivity contribution < 1.29 is 14.2 Å². The number of nitrogens with zero attached hydrogens (tertiary/aromatic N) is 6. The van der Waals surface area contributed by atoms with Crippen LogP contribution < -0.4 is 4.74 Å². The summed E-state index contributed by atoms with van der Waals surface area (Å²) in [5, 5.41) is 3.56. The second-order valence-corrected chi connectivity index (χ2v) is 12.7. The molecule has 0 saturated carbocycles. The Morgan fingerprint density at radius 2 is 1.04 bits per heavy atom. The minimum atomic E-state index is -0.622. The maximum absolute atomic E-state index is 6.21. The smallest absolute Gasteiger partial charge is 0.164 e. The second kappa shape index (κ2) is 10.5. The molecule has 0 radical (unpaired) electrons. The van der Waals surface area contributed by atoms with E-state index in [9.17, 15) is 0 Å². The van der Waals surface area contributed by atoms with Crippen LogP contribution in [-0.4, -0.2) is 65.0 Å². The molecular weight excluding hydrogens is 616 g/mol. The number of benzene rings is 4. The number of hydrogen-bond donors (Lipinski definition) is 2. The van der Waals surface area contributed by atoms with Gasteiger partial charge in [0.15, 0.2) is 29.1 Å². The van der Waals surface area contributed by atoms with E-state index < -0.39 is 5.79 Å². The van der Waals surface area contributed by atoms with Gasteiger partial charge >= 0.3 is 0 Å².